The molecule has 0 aliphatic carbocycles. The number of aliphatic imine (C=N–C) groups is 1. The van der Waals surface area contributed by atoms with Gasteiger partial charge >= 0.3 is 0 Å². The van der Waals surface area contributed by atoms with Crippen LogP contribution in [0.3, 0.4) is 0 Å². The van der Waals surface area contributed by atoms with E-state index < -0.39 is 0 Å². The van der Waals surface area contributed by atoms with Crippen molar-refractivity contribution in [3.8, 4) is 0 Å². The zero-order valence-corrected chi connectivity index (χ0v) is 18.6. The Hall–Kier alpha value is -3.56. The molecule has 3 heterocycles. The highest BCUT2D eigenvalue weighted by Crippen LogP contribution is 2.14. The van der Waals surface area contributed by atoms with Gasteiger partial charge in [-0.2, -0.15) is 0 Å². The maximum Gasteiger partial charge on any atom is 0.175 e. The van der Waals surface area contributed by atoms with Crippen molar-refractivity contribution in [3.63, 3.8) is 0 Å². The maximum atomic E-state index is 8.53. The summed E-state index contributed by atoms with van der Waals surface area (Å²) in [4.78, 5) is 14.2. The summed E-state index contributed by atoms with van der Waals surface area (Å²) in [7, 11) is 0. The normalized spacial score (nSPS) is 14.2. The molecule has 8 nitrogen and oxygen atoms in total. The largest absolute Gasteiger partial charge is 0.378 e. The highest BCUT2D eigenvalue weighted by atomic mass is 32.1. The number of H-pyrrole nitrogens is 1. The van der Waals surface area contributed by atoms with Gasteiger partial charge in [0.05, 0.1) is 30.8 Å². The highest BCUT2D eigenvalue weighted by Gasteiger charge is 2.18. The number of anilines is 2. The van der Waals surface area contributed by atoms with Crippen LogP contribution in [0.15, 0.2) is 65.9 Å². The molecule has 1 saturated heterocycles. The number of rotatable bonds is 4. The van der Waals surface area contributed by atoms with Crippen molar-refractivity contribution in [3.05, 3.63) is 77.9 Å². The monoisotopic (exact) mass is 447 g/mol. The molecule has 0 spiro atoms. The molecule has 4 N–H and O–H groups in total. The third-order valence-electron chi connectivity index (χ3n) is 4.95. The Kier molecular flexibility index (Phi) is 6.88. The number of aryl methyl sites for hydroxylation is 1. The quantitative estimate of drug-likeness (QED) is 0.277. The molecule has 0 radical (unpaired) electrons. The second-order valence-corrected chi connectivity index (χ2v) is 7.72. The van der Waals surface area contributed by atoms with Gasteiger partial charge < -0.3 is 25.3 Å². The van der Waals surface area contributed by atoms with Crippen LogP contribution in [0, 0.1) is 12.3 Å². The first kappa shape index (κ1) is 21.7. The summed E-state index contributed by atoms with van der Waals surface area (Å²) in [5, 5.41) is 15.3. The van der Waals surface area contributed by atoms with E-state index in [1.54, 1.807) is 6.20 Å². The van der Waals surface area contributed by atoms with E-state index in [4.69, 9.17) is 22.4 Å². The minimum atomic E-state index is 0.194. The van der Waals surface area contributed by atoms with Crippen LogP contribution < -0.4 is 10.6 Å². The molecule has 3 aromatic rings. The fourth-order valence-electron chi connectivity index (χ4n) is 3.26. The SMILES string of the molecule is Cc1ccc(NC(=S)Nc2ccc(C(=N)/N=C(\c3ccc[nH]3)N3CCOCC3)cc2)cn1. The molecule has 0 atom stereocenters. The van der Waals surface area contributed by atoms with E-state index in [1.807, 2.05) is 61.7 Å². The molecule has 0 amide bonds. The molecule has 1 aromatic carbocycles. The zero-order chi connectivity index (χ0) is 22.3. The van der Waals surface area contributed by atoms with Crippen LogP contribution in [0.1, 0.15) is 17.0 Å². The number of aromatic nitrogens is 2. The lowest BCUT2D eigenvalue weighted by Crippen LogP contribution is -2.41. The van der Waals surface area contributed by atoms with E-state index in [9.17, 15) is 0 Å². The van der Waals surface area contributed by atoms with E-state index in [2.05, 4.69) is 30.5 Å². The Balaban J connectivity index is 1.43. The lowest BCUT2D eigenvalue weighted by atomic mass is 10.2. The Labute approximate surface area is 192 Å². The summed E-state index contributed by atoms with van der Waals surface area (Å²) in [6, 6.07) is 15.2. The van der Waals surface area contributed by atoms with Crippen LogP contribution in [-0.2, 0) is 4.74 Å². The van der Waals surface area contributed by atoms with E-state index in [0.717, 1.165) is 47.3 Å². The maximum absolute atomic E-state index is 8.53. The van der Waals surface area contributed by atoms with E-state index in [-0.39, 0.29) is 5.84 Å². The van der Waals surface area contributed by atoms with E-state index in [1.165, 1.54) is 0 Å². The van der Waals surface area contributed by atoms with E-state index in [0.29, 0.717) is 18.3 Å². The molecule has 0 unspecified atom stereocenters. The summed E-state index contributed by atoms with van der Waals surface area (Å²) in [5.74, 6) is 0.946. The molecular formula is C23H25N7OS. The average Bonchev–Trinajstić information content (AvgIpc) is 3.34. The summed E-state index contributed by atoms with van der Waals surface area (Å²) < 4.78 is 5.46. The van der Waals surface area contributed by atoms with Gasteiger partial charge in [0.2, 0.25) is 0 Å². The zero-order valence-electron chi connectivity index (χ0n) is 17.8. The average molecular weight is 448 g/mol. The summed E-state index contributed by atoms with van der Waals surface area (Å²) in [5.41, 5.74) is 4.19. The first-order valence-electron chi connectivity index (χ1n) is 10.3. The van der Waals surface area contributed by atoms with Crippen molar-refractivity contribution in [2.45, 2.75) is 6.92 Å². The molecule has 2 aromatic heterocycles. The van der Waals surface area contributed by atoms with Gasteiger partial charge in [-0.1, -0.05) is 0 Å². The van der Waals surface area contributed by atoms with Crippen LogP contribution in [-0.4, -0.2) is 58.0 Å². The fraction of sp³-hybridized carbons (Fsp3) is 0.217. The second-order valence-electron chi connectivity index (χ2n) is 7.31. The molecule has 1 aliphatic heterocycles. The van der Waals surface area contributed by atoms with Gasteiger partial charge in [0.15, 0.2) is 16.8 Å². The topological polar surface area (TPSA) is 101 Å². The number of aromatic amines is 1. The summed E-state index contributed by atoms with van der Waals surface area (Å²) in [6.07, 6.45) is 3.60. The van der Waals surface area contributed by atoms with Gasteiger partial charge in [0, 0.05) is 36.2 Å². The molecule has 0 saturated carbocycles. The third-order valence-corrected chi connectivity index (χ3v) is 5.16. The van der Waals surface area contributed by atoms with E-state index >= 15 is 0 Å². The van der Waals surface area contributed by atoms with Gasteiger partial charge in [-0.15, -0.1) is 0 Å². The Morgan fingerprint density at radius 3 is 2.47 bits per heavy atom. The molecule has 4 rings (SSSR count). The highest BCUT2D eigenvalue weighted by molar-refractivity contribution is 7.80. The Bertz CT molecular complexity index is 1090. The van der Waals surface area contributed by atoms with Gasteiger partial charge in [-0.05, 0) is 67.7 Å². The van der Waals surface area contributed by atoms with Crippen LogP contribution in [0.25, 0.3) is 0 Å². The molecule has 0 bridgehead atoms. The van der Waals surface area contributed by atoms with Crippen LogP contribution in [0.2, 0.25) is 0 Å². The first-order valence-corrected chi connectivity index (χ1v) is 10.7. The lowest BCUT2D eigenvalue weighted by molar-refractivity contribution is 0.0682. The standard InChI is InChI=1S/C23H25N7OS/c1-16-4-7-19(15-26-16)28-23(32)27-18-8-5-17(6-9-18)21(24)29-22(20-3-2-10-25-20)30-11-13-31-14-12-30/h2-10,15,24-25H,11-14H2,1H3,(H2,27,28,32)/b24-21?,29-22+. The Morgan fingerprint density at radius 2 is 1.81 bits per heavy atom. The van der Waals surface area contributed by atoms with Gasteiger partial charge in [0.25, 0.3) is 0 Å². The molecule has 1 aliphatic rings. The third kappa shape index (κ3) is 5.57. The van der Waals surface area contributed by atoms with Crippen LogP contribution >= 0.6 is 12.2 Å². The number of pyridine rings is 1. The minimum Gasteiger partial charge on any atom is -0.378 e. The number of morpholine rings is 1. The smallest absolute Gasteiger partial charge is 0.175 e. The molecular weight excluding hydrogens is 422 g/mol. The molecule has 32 heavy (non-hydrogen) atoms. The Morgan fingerprint density at radius 1 is 1.09 bits per heavy atom. The predicted octanol–water partition coefficient (Wildman–Crippen LogP) is 3.63. The number of nitrogens with one attached hydrogen (secondary N) is 4. The van der Waals surface area contributed by atoms with Crippen molar-refractivity contribution in [2.24, 2.45) is 4.99 Å². The summed E-state index contributed by atoms with van der Waals surface area (Å²) >= 11 is 5.38. The molecule has 9 heteroatoms. The number of amidine groups is 2. The number of nitrogens with zero attached hydrogens (tertiary/aromatic N) is 3. The number of hydrogen-bond acceptors (Lipinski definition) is 4. The number of thiocarbonyl (C=S) groups is 1. The second kappa shape index (κ2) is 10.2. The number of benzene rings is 1. The lowest BCUT2D eigenvalue weighted by Gasteiger charge is -2.29. The molecule has 164 valence electrons. The van der Waals surface area contributed by atoms with Crippen LogP contribution in [0.5, 0.6) is 0 Å². The van der Waals surface area contributed by atoms with Crippen molar-refractivity contribution in [1.82, 2.24) is 14.9 Å². The van der Waals surface area contributed by atoms with Crippen LogP contribution in [0.4, 0.5) is 11.4 Å². The fourth-order valence-corrected chi connectivity index (χ4v) is 3.50. The number of hydrogen-bond donors (Lipinski definition) is 4. The molecule has 1 fully saturated rings. The van der Waals surface area contributed by atoms with Crippen molar-refractivity contribution >= 4 is 40.4 Å². The first-order chi connectivity index (χ1) is 15.6. The van der Waals surface area contributed by atoms with Gasteiger partial charge in [-0.3, -0.25) is 10.4 Å². The van der Waals surface area contributed by atoms with Gasteiger partial charge in [0.1, 0.15) is 0 Å². The van der Waals surface area contributed by atoms with Crippen molar-refractivity contribution in [2.75, 3.05) is 36.9 Å². The van der Waals surface area contributed by atoms with Crippen molar-refractivity contribution < 1.29 is 4.74 Å². The minimum absolute atomic E-state index is 0.194. The van der Waals surface area contributed by atoms with Gasteiger partial charge in [-0.25, -0.2) is 4.99 Å². The summed E-state index contributed by atoms with van der Waals surface area (Å²) in [6.45, 7) is 4.73. The van der Waals surface area contributed by atoms with Crippen molar-refractivity contribution in [1.29, 1.82) is 5.41 Å². The number of ether oxygens (including phenoxy) is 1. The predicted molar refractivity (Wildman–Crippen MR) is 132 cm³/mol.